The van der Waals surface area contributed by atoms with Gasteiger partial charge in [0.1, 0.15) is 5.82 Å². The van der Waals surface area contributed by atoms with Gasteiger partial charge < -0.3 is 10.0 Å². The number of aliphatic hydroxyl groups is 1. The first-order valence-electron chi connectivity index (χ1n) is 9.53. The molecule has 4 rings (SSSR count). The summed E-state index contributed by atoms with van der Waals surface area (Å²) in [6.45, 7) is 2.03. The molecule has 2 aromatic carbocycles. The van der Waals surface area contributed by atoms with Crippen molar-refractivity contribution < 1.29 is 5.11 Å². The normalized spacial score (nSPS) is 14.9. The molecule has 6 heteroatoms. The minimum Gasteiger partial charge on any atom is -0.396 e. The second-order valence-corrected chi connectivity index (χ2v) is 7.43. The third-order valence-electron chi connectivity index (χ3n) is 5.13. The van der Waals surface area contributed by atoms with E-state index in [-0.39, 0.29) is 6.61 Å². The molecule has 3 aromatic rings. The number of para-hydroxylation sites is 1. The van der Waals surface area contributed by atoms with Gasteiger partial charge in [-0.2, -0.15) is 0 Å². The van der Waals surface area contributed by atoms with Gasteiger partial charge in [0.2, 0.25) is 0 Å². The summed E-state index contributed by atoms with van der Waals surface area (Å²) in [6.07, 6.45) is 5.55. The molecule has 1 aliphatic heterocycles. The maximum Gasteiger partial charge on any atom is 0.158 e. The predicted octanol–water partition coefficient (Wildman–Crippen LogP) is 4.81. The van der Waals surface area contributed by atoms with Crippen LogP contribution in [0.25, 0.3) is 0 Å². The first-order chi connectivity index (χ1) is 13.7. The van der Waals surface area contributed by atoms with Crippen molar-refractivity contribution >= 4 is 34.6 Å². The lowest BCUT2D eigenvalue weighted by Crippen LogP contribution is -2.35. The predicted molar refractivity (Wildman–Crippen MR) is 114 cm³/mol. The first-order valence-corrected chi connectivity index (χ1v) is 9.91. The van der Waals surface area contributed by atoms with E-state index in [1.807, 2.05) is 48.7 Å². The smallest absolute Gasteiger partial charge is 0.158 e. The van der Waals surface area contributed by atoms with Gasteiger partial charge in [-0.3, -0.25) is 9.88 Å². The standard InChI is InChI=1S/C22H23ClN4O/c23-18-6-8-20(9-7-18)27(19-4-2-1-3-5-19)22-15-24-14-21(25-22)26-12-10-17(16-28)11-13-26/h1-9,14-15,17,28H,10-13,16H2. The maximum atomic E-state index is 9.37. The molecule has 1 aliphatic rings. The summed E-state index contributed by atoms with van der Waals surface area (Å²) in [5.41, 5.74) is 1.98. The van der Waals surface area contributed by atoms with E-state index < -0.39 is 0 Å². The van der Waals surface area contributed by atoms with Crippen molar-refractivity contribution in [3.05, 3.63) is 72.0 Å². The van der Waals surface area contributed by atoms with Crippen molar-refractivity contribution in [2.45, 2.75) is 12.8 Å². The Morgan fingerprint density at radius 2 is 1.64 bits per heavy atom. The van der Waals surface area contributed by atoms with Crippen LogP contribution in [-0.4, -0.2) is 34.8 Å². The number of rotatable bonds is 5. The van der Waals surface area contributed by atoms with E-state index in [0.29, 0.717) is 10.9 Å². The molecule has 0 amide bonds. The molecule has 1 saturated heterocycles. The number of aromatic nitrogens is 2. The monoisotopic (exact) mass is 394 g/mol. The minimum atomic E-state index is 0.262. The summed E-state index contributed by atoms with van der Waals surface area (Å²) in [7, 11) is 0. The SMILES string of the molecule is OCC1CCN(c2cncc(N(c3ccccc3)c3ccc(Cl)cc3)n2)CC1. The van der Waals surface area contributed by atoms with Crippen molar-refractivity contribution in [1.82, 2.24) is 9.97 Å². The summed E-state index contributed by atoms with van der Waals surface area (Å²) in [4.78, 5) is 13.7. The van der Waals surface area contributed by atoms with Crippen molar-refractivity contribution in [2.24, 2.45) is 5.92 Å². The summed E-state index contributed by atoms with van der Waals surface area (Å²) >= 11 is 6.09. The van der Waals surface area contributed by atoms with Gasteiger partial charge in [0.15, 0.2) is 5.82 Å². The van der Waals surface area contributed by atoms with E-state index in [2.05, 4.69) is 26.9 Å². The average molecular weight is 395 g/mol. The van der Waals surface area contributed by atoms with E-state index in [9.17, 15) is 5.11 Å². The quantitative estimate of drug-likeness (QED) is 0.673. The molecule has 5 nitrogen and oxygen atoms in total. The van der Waals surface area contributed by atoms with Gasteiger partial charge in [-0.05, 0) is 55.2 Å². The molecule has 1 fully saturated rings. The highest BCUT2D eigenvalue weighted by Crippen LogP contribution is 2.34. The fourth-order valence-corrected chi connectivity index (χ4v) is 3.66. The first kappa shape index (κ1) is 18.7. The van der Waals surface area contributed by atoms with Gasteiger partial charge >= 0.3 is 0 Å². The number of nitrogens with zero attached hydrogens (tertiary/aromatic N) is 4. The highest BCUT2D eigenvalue weighted by atomic mass is 35.5. The Morgan fingerprint density at radius 1 is 0.964 bits per heavy atom. The van der Waals surface area contributed by atoms with Crippen LogP contribution in [0.3, 0.4) is 0 Å². The van der Waals surface area contributed by atoms with Crippen LogP contribution >= 0.6 is 11.6 Å². The van der Waals surface area contributed by atoms with E-state index in [4.69, 9.17) is 16.6 Å². The second kappa shape index (κ2) is 8.59. The third kappa shape index (κ3) is 4.11. The molecule has 2 heterocycles. The lowest BCUT2D eigenvalue weighted by atomic mass is 9.98. The Bertz CT molecular complexity index is 896. The number of hydrogen-bond donors (Lipinski definition) is 1. The Morgan fingerprint density at radius 3 is 2.32 bits per heavy atom. The molecule has 1 N–H and O–H groups in total. The van der Waals surface area contributed by atoms with Crippen molar-refractivity contribution in [1.29, 1.82) is 0 Å². The Kier molecular flexibility index (Phi) is 5.74. The highest BCUT2D eigenvalue weighted by Gasteiger charge is 2.21. The van der Waals surface area contributed by atoms with Gasteiger partial charge in [0.25, 0.3) is 0 Å². The minimum absolute atomic E-state index is 0.262. The Balaban J connectivity index is 1.68. The number of hydrogen-bond acceptors (Lipinski definition) is 5. The van der Waals surface area contributed by atoms with Crippen LogP contribution in [0, 0.1) is 5.92 Å². The van der Waals surface area contributed by atoms with Crippen molar-refractivity contribution in [3.63, 3.8) is 0 Å². The van der Waals surface area contributed by atoms with Crippen molar-refractivity contribution in [3.8, 4) is 0 Å². The van der Waals surface area contributed by atoms with E-state index >= 15 is 0 Å². The molecular weight excluding hydrogens is 372 g/mol. The molecule has 0 spiro atoms. The van der Waals surface area contributed by atoms with E-state index in [1.165, 1.54) is 0 Å². The lowest BCUT2D eigenvalue weighted by Gasteiger charge is -2.32. The van der Waals surface area contributed by atoms with Crippen LogP contribution in [0.4, 0.5) is 23.0 Å². The zero-order valence-electron chi connectivity index (χ0n) is 15.6. The summed E-state index contributed by atoms with van der Waals surface area (Å²) < 4.78 is 0. The van der Waals surface area contributed by atoms with Crippen LogP contribution in [0.1, 0.15) is 12.8 Å². The third-order valence-corrected chi connectivity index (χ3v) is 5.39. The Labute approximate surface area is 170 Å². The molecular formula is C22H23ClN4O. The van der Waals surface area contributed by atoms with Gasteiger partial charge in [-0.1, -0.05) is 29.8 Å². The largest absolute Gasteiger partial charge is 0.396 e. The van der Waals surface area contributed by atoms with Crippen LogP contribution in [0.15, 0.2) is 67.0 Å². The summed E-state index contributed by atoms with van der Waals surface area (Å²) in [6, 6.07) is 17.8. The molecule has 0 atom stereocenters. The average Bonchev–Trinajstić information content (AvgIpc) is 2.76. The van der Waals surface area contributed by atoms with Crippen molar-refractivity contribution in [2.75, 3.05) is 29.5 Å². The lowest BCUT2D eigenvalue weighted by molar-refractivity contribution is 0.203. The zero-order chi connectivity index (χ0) is 19.3. The van der Waals surface area contributed by atoms with Crippen LogP contribution in [0.5, 0.6) is 0 Å². The fourth-order valence-electron chi connectivity index (χ4n) is 3.53. The molecule has 0 saturated carbocycles. The number of aliphatic hydroxyl groups excluding tert-OH is 1. The van der Waals surface area contributed by atoms with Crippen LogP contribution in [0.2, 0.25) is 5.02 Å². The number of anilines is 4. The van der Waals surface area contributed by atoms with Crippen LogP contribution in [-0.2, 0) is 0 Å². The van der Waals surface area contributed by atoms with Gasteiger partial charge in [-0.25, -0.2) is 4.98 Å². The molecule has 0 aliphatic carbocycles. The molecule has 0 bridgehead atoms. The summed E-state index contributed by atoms with van der Waals surface area (Å²) in [5, 5.41) is 10.1. The van der Waals surface area contributed by atoms with Gasteiger partial charge in [-0.15, -0.1) is 0 Å². The second-order valence-electron chi connectivity index (χ2n) is 7.00. The van der Waals surface area contributed by atoms with E-state index in [0.717, 1.165) is 48.9 Å². The number of benzene rings is 2. The van der Waals surface area contributed by atoms with Gasteiger partial charge in [0, 0.05) is 36.1 Å². The number of piperidine rings is 1. The molecule has 1 aromatic heterocycles. The van der Waals surface area contributed by atoms with Crippen LogP contribution < -0.4 is 9.80 Å². The topological polar surface area (TPSA) is 52.5 Å². The number of halogens is 1. The van der Waals surface area contributed by atoms with Gasteiger partial charge in [0.05, 0.1) is 12.4 Å². The maximum absolute atomic E-state index is 9.37. The zero-order valence-corrected chi connectivity index (χ0v) is 16.3. The molecule has 144 valence electrons. The Hall–Kier alpha value is -2.63. The molecule has 0 radical (unpaired) electrons. The summed E-state index contributed by atoms with van der Waals surface area (Å²) in [5.74, 6) is 2.02. The fraction of sp³-hybridized carbons (Fsp3) is 0.273. The highest BCUT2D eigenvalue weighted by molar-refractivity contribution is 6.30. The molecule has 28 heavy (non-hydrogen) atoms. The molecule has 0 unspecified atom stereocenters. The van der Waals surface area contributed by atoms with E-state index in [1.54, 1.807) is 6.20 Å².